The lowest BCUT2D eigenvalue weighted by Crippen LogP contribution is -2.36. The lowest BCUT2D eigenvalue weighted by molar-refractivity contribution is 0.203. The average molecular weight is 562 g/mol. The number of aliphatic hydroxyl groups is 1. The first-order valence-corrected chi connectivity index (χ1v) is 11.6. The van der Waals surface area contributed by atoms with E-state index < -0.39 is 0 Å². The molecule has 2 heterocycles. The predicted molar refractivity (Wildman–Crippen MR) is 146 cm³/mol. The third-order valence-corrected chi connectivity index (χ3v) is 6.30. The number of benzene rings is 2. The van der Waals surface area contributed by atoms with Gasteiger partial charge in [-0.1, -0.05) is 30.3 Å². The number of aliphatic hydroxyl groups excluding tert-OH is 1. The van der Waals surface area contributed by atoms with Crippen LogP contribution in [0.3, 0.4) is 0 Å². The van der Waals surface area contributed by atoms with E-state index in [1.165, 1.54) is 16.8 Å². The zero-order chi connectivity index (χ0) is 22.3. The summed E-state index contributed by atoms with van der Waals surface area (Å²) in [5.41, 5.74) is 4.52. The Morgan fingerprint density at radius 1 is 1.09 bits per heavy atom. The molecule has 2 aromatic carbocycles. The first-order valence-electron chi connectivity index (χ1n) is 11.6. The highest BCUT2D eigenvalue weighted by Gasteiger charge is 2.18. The largest absolute Gasteiger partial charge is 0.459 e. The van der Waals surface area contributed by atoms with Crippen LogP contribution in [0.5, 0.6) is 0 Å². The molecule has 0 atom stereocenters. The first kappa shape index (κ1) is 25.4. The molecule has 1 saturated heterocycles. The van der Waals surface area contributed by atoms with Crippen molar-refractivity contribution in [2.24, 2.45) is 10.9 Å². The number of fused-ring (bicyclic) bond motifs is 1. The molecule has 1 aliphatic rings. The van der Waals surface area contributed by atoms with Crippen LogP contribution in [0.4, 0.5) is 5.69 Å². The highest BCUT2D eigenvalue weighted by molar-refractivity contribution is 14.0. The normalized spacial score (nSPS) is 14.9. The lowest BCUT2D eigenvalue weighted by Gasteiger charge is -2.32. The maximum Gasteiger partial charge on any atom is 0.191 e. The van der Waals surface area contributed by atoms with E-state index in [9.17, 15) is 5.11 Å². The van der Waals surface area contributed by atoms with Crippen molar-refractivity contribution in [3.05, 3.63) is 65.4 Å². The molecule has 178 valence electrons. The molecule has 0 spiro atoms. The molecule has 1 aliphatic heterocycles. The van der Waals surface area contributed by atoms with Gasteiger partial charge in [-0.3, -0.25) is 0 Å². The van der Waals surface area contributed by atoms with Crippen LogP contribution in [0.1, 0.15) is 36.7 Å². The number of anilines is 1. The maximum absolute atomic E-state index is 9.33. The molecule has 1 fully saturated rings. The highest BCUT2D eigenvalue weighted by Crippen LogP contribution is 2.25. The summed E-state index contributed by atoms with van der Waals surface area (Å²) in [6, 6.07) is 16.8. The first-order chi connectivity index (χ1) is 15.7. The van der Waals surface area contributed by atoms with Gasteiger partial charge in [0.05, 0.1) is 13.1 Å². The van der Waals surface area contributed by atoms with E-state index in [1.54, 1.807) is 0 Å². The summed E-state index contributed by atoms with van der Waals surface area (Å²) < 4.78 is 6.01. The maximum atomic E-state index is 9.33. The molecule has 3 aromatic rings. The minimum absolute atomic E-state index is 0. The van der Waals surface area contributed by atoms with Gasteiger partial charge in [-0.2, -0.15) is 0 Å². The molecular formula is C26H35IN4O2. The monoisotopic (exact) mass is 562 g/mol. The number of para-hydroxylation sites is 1. The smallest absolute Gasteiger partial charge is 0.191 e. The van der Waals surface area contributed by atoms with Crippen molar-refractivity contribution in [2.75, 3.05) is 31.1 Å². The van der Waals surface area contributed by atoms with E-state index in [1.807, 2.05) is 18.2 Å². The Bertz CT molecular complexity index is 1040. The molecule has 1 aromatic heterocycles. The summed E-state index contributed by atoms with van der Waals surface area (Å²) in [6.45, 7) is 8.50. The highest BCUT2D eigenvalue weighted by atomic mass is 127. The third kappa shape index (κ3) is 6.41. The molecule has 4 rings (SSSR count). The van der Waals surface area contributed by atoms with E-state index in [-0.39, 0.29) is 24.0 Å². The fraction of sp³-hybridized carbons (Fsp3) is 0.423. The Labute approximate surface area is 213 Å². The second-order valence-corrected chi connectivity index (χ2v) is 8.47. The second-order valence-electron chi connectivity index (χ2n) is 8.47. The summed E-state index contributed by atoms with van der Waals surface area (Å²) in [6.07, 6.45) is 2.12. The van der Waals surface area contributed by atoms with Crippen LogP contribution in [-0.2, 0) is 13.1 Å². The fourth-order valence-electron chi connectivity index (χ4n) is 4.26. The Morgan fingerprint density at radius 3 is 2.48 bits per heavy atom. The quantitative estimate of drug-likeness (QED) is 0.219. The summed E-state index contributed by atoms with van der Waals surface area (Å²) in [7, 11) is 0. The minimum Gasteiger partial charge on any atom is -0.459 e. The number of halogens is 1. The number of aliphatic imine (C=N–C) groups is 1. The van der Waals surface area contributed by atoms with E-state index in [0.29, 0.717) is 25.6 Å². The van der Waals surface area contributed by atoms with Crippen LogP contribution in [-0.4, -0.2) is 37.3 Å². The lowest BCUT2D eigenvalue weighted by atomic mass is 9.97. The van der Waals surface area contributed by atoms with Crippen molar-refractivity contribution in [1.29, 1.82) is 0 Å². The second kappa shape index (κ2) is 12.3. The summed E-state index contributed by atoms with van der Waals surface area (Å²) in [5.74, 6) is 2.17. The van der Waals surface area contributed by atoms with Gasteiger partial charge in [0, 0.05) is 42.9 Å². The minimum atomic E-state index is 0. The SMILES string of the molecule is CCNC(=NCc1ccc(N2CCC(CO)CC2)cc1)NCc1oc2ccccc2c1C.I. The van der Waals surface area contributed by atoms with Crippen LogP contribution < -0.4 is 15.5 Å². The molecule has 0 saturated carbocycles. The Hall–Kier alpha value is -2.26. The van der Waals surface area contributed by atoms with Crippen LogP contribution in [0.2, 0.25) is 0 Å². The topological polar surface area (TPSA) is 73.0 Å². The van der Waals surface area contributed by atoms with Gasteiger partial charge in [-0.15, -0.1) is 24.0 Å². The van der Waals surface area contributed by atoms with Crippen molar-refractivity contribution in [3.8, 4) is 0 Å². The number of hydrogen-bond acceptors (Lipinski definition) is 4. The van der Waals surface area contributed by atoms with Gasteiger partial charge in [-0.05, 0) is 56.4 Å². The van der Waals surface area contributed by atoms with Crippen molar-refractivity contribution in [2.45, 2.75) is 39.8 Å². The third-order valence-electron chi connectivity index (χ3n) is 6.30. The van der Waals surface area contributed by atoms with Crippen LogP contribution in [0.15, 0.2) is 57.9 Å². The standard InChI is InChI=1S/C26H34N4O2.HI/c1-3-27-26(29-17-25-19(2)23-6-4-5-7-24(23)32-25)28-16-20-8-10-22(11-9-20)30-14-12-21(18-31)13-15-30;/h4-11,21,31H,3,12-18H2,1-2H3,(H2,27,28,29);1H. The number of nitrogens with one attached hydrogen (secondary N) is 2. The molecule has 0 amide bonds. The van der Waals surface area contributed by atoms with Crippen LogP contribution in [0, 0.1) is 12.8 Å². The van der Waals surface area contributed by atoms with Crippen molar-refractivity contribution < 1.29 is 9.52 Å². The number of furan rings is 1. The number of rotatable bonds is 7. The zero-order valence-electron chi connectivity index (χ0n) is 19.5. The van der Waals surface area contributed by atoms with E-state index in [4.69, 9.17) is 9.41 Å². The van der Waals surface area contributed by atoms with Crippen LogP contribution in [0.25, 0.3) is 11.0 Å². The van der Waals surface area contributed by atoms with Crippen LogP contribution >= 0.6 is 24.0 Å². The molecule has 33 heavy (non-hydrogen) atoms. The predicted octanol–water partition coefficient (Wildman–Crippen LogP) is 4.82. The summed E-state index contributed by atoms with van der Waals surface area (Å²) >= 11 is 0. The van der Waals surface area contributed by atoms with Crippen molar-refractivity contribution >= 4 is 46.6 Å². The molecule has 0 aliphatic carbocycles. The van der Waals surface area contributed by atoms with Gasteiger partial charge in [0.25, 0.3) is 0 Å². The van der Waals surface area contributed by atoms with E-state index in [2.05, 4.69) is 59.7 Å². The fourth-order valence-corrected chi connectivity index (χ4v) is 4.26. The molecule has 7 heteroatoms. The van der Waals surface area contributed by atoms with Crippen molar-refractivity contribution in [1.82, 2.24) is 10.6 Å². The average Bonchev–Trinajstić information content (AvgIpc) is 3.17. The van der Waals surface area contributed by atoms with E-state index >= 15 is 0 Å². The number of guanidine groups is 1. The Balaban J connectivity index is 0.00000306. The Morgan fingerprint density at radius 2 is 1.82 bits per heavy atom. The Kier molecular flexibility index (Phi) is 9.43. The van der Waals surface area contributed by atoms with Gasteiger partial charge < -0.3 is 25.1 Å². The number of hydrogen-bond donors (Lipinski definition) is 3. The van der Waals surface area contributed by atoms with Gasteiger partial charge >= 0.3 is 0 Å². The van der Waals surface area contributed by atoms with Gasteiger partial charge in [-0.25, -0.2) is 4.99 Å². The number of aryl methyl sites for hydroxylation is 1. The molecule has 3 N–H and O–H groups in total. The molecule has 0 bridgehead atoms. The molecule has 0 unspecified atom stereocenters. The molecule has 0 radical (unpaired) electrons. The van der Waals surface area contributed by atoms with Gasteiger partial charge in [0.15, 0.2) is 5.96 Å². The number of nitrogens with zero attached hydrogens (tertiary/aromatic N) is 2. The van der Waals surface area contributed by atoms with E-state index in [0.717, 1.165) is 55.2 Å². The number of piperidine rings is 1. The van der Waals surface area contributed by atoms with Gasteiger partial charge in [0.1, 0.15) is 11.3 Å². The molecule has 6 nitrogen and oxygen atoms in total. The summed E-state index contributed by atoms with van der Waals surface area (Å²) in [5, 5.41) is 17.2. The van der Waals surface area contributed by atoms with Crippen molar-refractivity contribution in [3.63, 3.8) is 0 Å². The zero-order valence-corrected chi connectivity index (χ0v) is 21.8. The molecular weight excluding hydrogens is 527 g/mol. The van der Waals surface area contributed by atoms with Gasteiger partial charge in [0.2, 0.25) is 0 Å². The summed E-state index contributed by atoms with van der Waals surface area (Å²) in [4.78, 5) is 7.16.